The molecule has 1 rings (SSSR count). The van der Waals surface area contributed by atoms with E-state index in [1.807, 2.05) is 0 Å². The highest BCUT2D eigenvalue weighted by Crippen LogP contribution is 2.26. The van der Waals surface area contributed by atoms with Crippen LogP contribution in [0.15, 0.2) is 17.0 Å². The van der Waals surface area contributed by atoms with Crippen LogP contribution in [0.3, 0.4) is 0 Å². The van der Waals surface area contributed by atoms with Gasteiger partial charge in [0.1, 0.15) is 11.6 Å². The smallest absolute Gasteiger partial charge is 0.140 e. The van der Waals surface area contributed by atoms with Crippen LogP contribution in [0.2, 0.25) is 0 Å². The molecule has 0 saturated heterocycles. The second kappa shape index (κ2) is 8.51. The van der Waals surface area contributed by atoms with Crippen molar-refractivity contribution in [2.45, 2.75) is 25.3 Å². The van der Waals surface area contributed by atoms with E-state index in [0.717, 1.165) is 19.6 Å². The van der Waals surface area contributed by atoms with Crippen molar-refractivity contribution in [1.29, 1.82) is 0 Å². The maximum absolute atomic E-state index is 13.8. The Morgan fingerprint density at radius 3 is 2.21 bits per heavy atom. The normalized spacial score (nSPS) is 11.3. The number of hydrogen-bond acceptors (Lipinski definition) is 3. The van der Waals surface area contributed by atoms with Gasteiger partial charge < -0.3 is 10.2 Å². The summed E-state index contributed by atoms with van der Waals surface area (Å²) in [6.07, 6.45) is 0. The van der Waals surface area contributed by atoms with Gasteiger partial charge in [-0.15, -0.1) is 11.8 Å². The van der Waals surface area contributed by atoms with E-state index in [2.05, 4.69) is 24.1 Å². The summed E-state index contributed by atoms with van der Waals surface area (Å²) in [7, 11) is 1.75. The van der Waals surface area contributed by atoms with Gasteiger partial charge in [0.25, 0.3) is 0 Å². The first-order chi connectivity index (χ1) is 9.12. The number of nitrogens with one attached hydrogen (secondary N) is 1. The molecule has 1 aromatic carbocycles. The molecule has 0 unspecified atom stereocenters. The number of nitrogens with zero attached hydrogens (tertiary/aromatic N) is 1. The third-order valence-corrected chi connectivity index (χ3v) is 4.05. The number of rotatable bonds is 8. The van der Waals surface area contributed by atoms with Crippen molar-refractivity contribution < 1.29 is 8.78 Å². The summed E-state index contributed by atoms with van der Waals surface area (Å²) < 4.78 is 27.6. The highest BCUT2D eigenvalue weighted by molar-refractivity contribution is 7.99. The Labute approximate surface area is 118 Å². The van der Waals surface area contributed by atoms with Crippen molar-refractivity contribution in [3.8, 4) is 0 Å². The molecule has 108 valence electrons. The third kappa shape index (κ3) is 5.09. The Bertz CT molecular complexity index is 372. The summed E-state index contributed by atoms with van der Waals surface area (Å²) in [6.45, 7) is 7.41. The lowest BCUT2D eigenvalue weighted by Gasteiger charge is -2.17. The molecule has 0 radical (unpaired) electrons. The van der Waals surface area contributed by atoms with Crippen molar-refractivity contribution in [1.82, 2.24) is 10.2 Å². The van der Waals surface area contributed by atoms with Crippen LogP contribution >= 0.6 is 11.8 Å². The van der Waals surface area contributed by atoms with Gasteiger partial charge in [0.15, 0.2) is 0 Å². The van der Waals surface area contributed by atoms with Crippen molar-refractivity contribution in [3.63, 3.8) is 0 Å². The number of halogens is 2. The quantitative estimate of drug-likeness (QED) is 0.740. The number of benzene rings is 1. The van der Waals surface area contributed by atoms with Crippen molar-refractivity contribution in [2.24, 2.45) is 0 Å². The second-order valence-corrected chi connectivity index (χ2v) is 5.40. The Hall–Kier alpha value is -0.650. The average molecular weight is 288 g/mol. The molecule has 0 aliphatic carbocycles. The molecular weight excluding hydrogens is 266 g/mol. The molecule has 0 aromatic heterocycles. The van der Waals surface area contributed by atoms with Gasteiger partial charge in [-0.25, -0.2) is 8.78 Å². The Balaban J connectivity index is 2.63. The number of hydrogen-bond donors (Lipinski definition) is 1. The van der Waals surface area contributed by atoms with Crippen LogP contribution in [-0.4, -0.2) is 37.3 Å². The van der Waals surface area contributed by atoms with Gasteiger partial charge in [-0.2, -0.15) is 0 Å². The van der Waals surface area contributed by atoms with E-state index in [-0.39, 0.29) is 4.90 Å². The van der Waals surface area contributed by atoms with Gasteiger partial charge in [0.2, 0.25) is 0 Å². The Morgan fingerprint density at radius 2 is 1.74 bits per heavy atom. The molecule has 0 atom stereocenters. The fraction of sp³-hybridized carbons (Fsp3) is 0.571. The van der Waals surface area contributed by atoms with Crippen molar-refractivity contribution >= 4 is 11.8 Å². The van der Waals surface area contributed by atoms with E-state index in [9.17, 15) is 8.78 Å². The summed E-state index contributed by atoms with van der Waals surface area (Å²) in [6, 6.07) is 2.80. The van der Waals surface area contributed by atoms with Gasteiger partial charge in [-0.05, 0) is 37.8 Å². The van der Waals surface area contributed by atoms with Crippen molar-refractivity contribution in [3.05, 3.63) is 29.3 Å². The maximum atomic E-state index is 13.8. The summed E-state index contributed by atoms with van der Waals surface area (Å²) in [4.78, 5) is 2.37. The van der Waals surface area contributed by atoms with Crippen LogP contribution in [0.4, 0.5) is 8.78 Å². The molecule has 1 N–H and O–H groups in total. The number of thioether (sulfide) groups is 1. The fourth-order valence-electron chi connectivity index (χ4n) is 1.87. The van der Waals surface area contributed by atoms with E-state index >= 15 is 0 Å². The zero-order chi connectivity index (χ0) is 14.3. The third-order valence-electron chi connectivity index (χ3n) is 2.99. The molecule has 5 heteroatoms. The molecule has 0 spiro atoms. The van der Waals surface area contributed by atoms with Gasteiger partial charge in [0, 0.05) is 18.8 Å². The summed E-state index contributed by atoms with van der Waals surface area (Å²) in [5.74, 6) is -0.231. The highest BCUT2D eigenvalue weighted by atomic mass is 32.2. The van der Waals surface area contributed by atoms with E-state index in [1.54, 1.807) is 7.05 Å². The minimum atomic E-state index is -0.463. The van der Waals surface area contributed by atoms with E-state index in [4.69, 9.17) is 0 Å². The van der Waals surface area contributed by atoms with Crippen LogP contribution in [0.5, 0.6) is 0 Å². The molecule has 0 saturated carbocycles. The van der Waals surface area contributed by atoms with E-state index < -0.39 is 11.6 Å². The molecule has 1 aromatic rings. The van der Waals surface area contributed by atoms with E-state index in [0.29, 0.717) is 17.9 Å². The second-order valence-electron chi connectivity index (χ2n) is 4.29. The van der Waals surface area contributed by atoms with Crippen LogP contribution in [0, 0.1) is 11.6 Å². The van der Waals surface area contributed by atoms with Gasteiger partial charge in [-0.1, -0.05) is 13.8 Å². The maximum Gasteiger partial charge on any atom is 0.140 e. The molecule has 19 heavy (non-hydrogen) atoms. The SMILES string of the molecule is CCN(CC)CCSc1c(F)cc(CNC)cc1F. The zero-order valence-electron chi connectivity index (χ0n) is 11.8. The first kappa shape index (κ1) is 16.4. The lowest BCUT2D eigenvalue weighted by Crippen LogP contribution is -2.25. The topological polar surface area (TPSA) is 15.3 Å². The van der Waals surface area contributed by atoms with E-state index in [1.165, 1.54) is 23.9 Å². The molecule has 0 aliphatic rings. The van der Waals surface area contributed by atoms with Gasteiger partial charge >= 0.3 is 0 Å². The minimum absolute atomic E-state index is 0.131. The predicted molar refractivity (Wildman–Crippen MR) is 77.6 cm³/mol. The molecule has 0 heterocycles. The van der Waals surface area contributed by atoms with Crippen LogP contribution in [-0.2, 0) is 6.54 Å². The molecule has 0 fully saturated rings. The largest absolute Gasteiger partial charge is 0.316 e. The summed E-state index contributed by atoms with van der Waals surface area (Å²) >= 11 is 1.25. The fourth-order valence-corrected chi connectivity index (χ4v) is 2.82. The van der Waals surface area contributed by atoms with Crippen LogP contribution < -0.4 is 5.32 Å². The lowest BCUT2D eigenvalue weighted by atomic mass is 10.2. The minimum Gasteiger partial charge on any atom is -0.316 e. The first-order valence-corrected chi connectivity index (χ1v) is 7.58. The molecule has 2 nitrogen and oxygen atoms in total. The first-order valence-electron chi connectivity index (χ1n) is 6.60. The molecule has 0 bridgehead atoms. The van der Waals surface area contributed by atoms with Crippen LogP contribution in [0.25, 0.3) is 0 Å². The zero-order valence-corrected chi connectivity index (χ0v) is 12.6. The monoisotopic (exact) mass is 288 g/mol. The standard InChI is InChI=1S/C14H22F2N2S/c1-4-18(5-2)6-7-19-14-12(15)8-11(10-17-3)9-13(14)16/h8-9,17H,4-7,10H2,1-3H3. The molecular formula is C14H22F2N2S. The molecule has 0 aliphatic heterocycles. The van der Waals surface area contributed by atoms with Gasteiger partial charge in [0.05, 0.1) is 4.90 Å². The highest BCUT2D eigenvalue weighted by Gasteiger charge is 2.12. The lowest BCUT2D eigenvalue weighted by molar-refractivity contribution is 0.324. The molecule has 0 amide bonds. The predicted octanol–water partition coefficient (Wildman–Crippen LogP) is 3.12. The summed E-state index contributed by atoms with van der Waals surface area (Å²) in [5, 5.41) is 2.88. The van der Waals surface area contributed by atoms with Crippen molar-refractivity contribution in [2.75, 3.05) is 32.4 Å². The van der Waals surface area contributed by atoms with Gasteiger partial charge in [-0.3, -0.25) is 0 Å². The van der Waals surface area contributed by atoms with Crippen LogP contribution in [0.1, 0.15) is 19.4 Å². The Kier molecular flexibility index (Phi) is 7.34. The average Bonchev–Trinajstić information content (AvgIpc) is 2.38. The Morgan fingerprint density at radius 1 is 1.16 bits per heavy atom. The summed E-state index contributed by atoms with van der Waals surface area (Å²) in [5.41, 5.74) is 0.630.